The number of aromatic nitrogens is 2. The number of halogens is 3. The van der Waals surface area contributed by atoms with Crippen molar-refractivity contribution in [1.82, 2.24) is 14.7 Å². The van der Waals surface area contributed by atoms with Gasteiger partial charge in [0.25, 0.3) is 5.91 Å². The quantitative estimate of drug-likeness (QED) is 0.809. The highest BCUT2D eigenvalue weighted by atomic mass is 19.2. The van der Waals surface area contributed by atoms with E-state index in [-0.39, 0.29) is 12.1 Å². The van der Waals surface area contributed by atoms with Crippen LogP contribution in [0.2, 0.25) is 0 Å². The number of amides is 1. The molecule has 0 saturated carbocycles. The van der Waals surface area contributed by atoms with Gasteiger partial charge in [0.15, 0.2) is 17.5 Å². The van der Waals surface area contributed by atoms with E-state index < -0.39 is 23.4 Å². The molecule has 0 aliphatic rings. The molecule has 106 valence electrons. The maximum atomic E-state index is 13.1. The van der Waals surface area contributed by atoms with Crippen LogP contribution in [0, 0.1) is 17.5 Å². The van der Waals surface area contributed by atoms with Gasteiger partial charge in [-0.05, 0) is 12.1 Å². The Morgan fingerprint density at radius 3 is 2.40 bits per heavy atom. The molecule has 0 unspecified atom stereocenters. The van der Waals surface area contributed by atoms with Gasteiger partial charge >= 0.3 is 0 Å². The van der Waals surface area contributed by atoms with Crippen molar-refractivity contribution in [2.75, 3.05) is 7.05 Å². The van der Waals surface area contributed by atoms with Crippen molar-refractivity contribution in [2.45, 2.75) is 6.54 Å². The molecule has 0 aliphatic heterocycles. The van der Waals surface area contributed by atoms with E-state index in [4.69, 9.17) is 0 Å². The molecular weight excluding hydrogens is 271 g/mol. The Hall–Kier alpha value is -2.31. The number of carbonyl (C=O) groups excluding carboxylic acids is 1. The van der Waals surface area contributed by atoms with Crippen LogP contribution < -0.4 is 0 Å². The van der Waals surface area contributed by atoms with Gasteiger partial charge in [-0.25, -0.2) is 13.2 Å². The Labute approximate surface area is 113 Å². The normalized spacial score (nSPS) is 10.7. The zero-order valence-corrected chi connectivity index (χ0v) is 10.9. The Bertz CT molecular complexity index is 631. The zero-order chi connectivity index (χ0) is 14.9. The van der Waals surface area contributed by atoms with E-state index in [1.54, 1.807) is 24.1 Å². The lowest BCUT2D eigenvalue weighted by Gasteiger charge is -2.16. The second kappa shape index (κ2) is 5.36. The van der Waals surface area contributed by atoms with Crippen LogP contribution in [0.4, 0.5) is 13.2 Å². The summed E-state index contributed by atoms with van der Waals surface area (Å²) in [7, 11) is 3.21. The van der Waals surface area contributed by atoms with Crippen molar-refractivity contribution < 1.29 is 18.0 Å². The third kappa shape index (κ3) is 2.81. The summed E-state index contributed by atoms with van der Waals surface area (Å²) in [5, 5.41) is 3.95. The van der Waals surface area contributed by atoms with Gasteiger partial charge in [-0.3, -0.25) is 9.48 Å². The second-order valence-corrected chi connectivity index (χ2v) is 4.44. The van der Waals surface area contributed by atoms with Gasteiger partial charge in [0, 0.05) is 38.0 Å². The average Bonchev–Trinajstić information content (AvgIpc) is 2.79. The van der Waals surface area contributed by atoms with Crippen LogP contribution in [0.15, 0.2) is 24.5 Å². The Balaban J connectivity index is 2.18. The second-order valence-electron chi connectivity index (χ2n) is 4.44. The average molecular weight is 283 g/mol. The van der Waals surface area contributed by atoms with Crippen LogP contribution in [0.1, 0.15) is 15.9 Å². The lowest BCUT2D eigenvalue weighted by molar-refractivity contribution is 0.0784. The standard InChI is InChI=1S/C13H12F3N3O/c1-18(6-8-5-17-19(2)7-8)13(20)9-3-10(14)12(16)11(15)4-9/h3-5,7H,6H2,1-2H3. The van der Waals surface area contributed by atoms with E-state index >= 15 is 0 Å². The number of aryl methyl sites for hydroxylation is 1. The number of rotatable bonds is 3. The molecule has 1 aromatic heterocycles. The molecule has 4 nitrogen and oxygen atoms in total. The summed E-state index contributed by atoms with van der Waals surface area (Å²) < 4.78 is 40.6. The van der Waals surface area contributed by atoms with Gasteiger partial charge in [0.1, 0.15) is 0 Å². The highest BCUT2D eigenvalue weighted by molar-refractivity contribution is 5.94. The minimum atomic E-state index is -1.59. The smallest absolute Gasteiger partial charge is 0.254 e. The van der Waals surface area contributed by atoms with Crippen LogP contribution in [0.25, 0.3) is 0 Å². The van der Waals surface area contributed by atoms with Gasteiger partial charge in [-0.2, -0.15) is 5.10 Å². The molecule has 20 heavy (non-hydrogen) atoms. The predicted octanol–water partition coefficient (Wildman–Crippen LogP) is 2.11. The fourth-order valence-electron chi connectivity index (χ4n) is 1.80. The number of hydrogen-bond donors (Lipinski definition) is 0. The summed E-state index contributed by atoms with van der Waals surface area (Å²) in [6.07, 6.45) is 3.30. The Morgan fingerprint density at radius 2 is 1.90 bits per heavy atom. The van der Waals surface area contributed by atoms with Crippen LogP contribution in [0.5, 0.6) is 0 Å². The van der Waals surface area contributed by atoms with Gasteiger partial charge in [0.05, 0.1) is 6.20 Å². The molecule has 1 amide bonds. The first-order chi connectivity index (χ1) is 9.38. The minimum Gasteiger partial charge on any atom is -0.337 e. The summed E-state index contributed by atoms with van der Waals surface area (Å²) in [6.45, 7) is 0.229. The monoisotopic (exact) mass is 283 g/mol. The lowest BCUT2D eigenvalue weighted by Crippen LogP contribution is -2.26. The van der Waals surface area contributed by atoms with Gasteiger partial charge in [0.2, 0.25) is 0 Å². The first-order valence-corrected chi connectivity index (χ1v) is 5.76. The van der Waals surface area contributed by atoms with E-state index in [2.05, 4.69) is 5.10 Å². The summed E-state index contributed by atoms with van der Waals surface area (Å²) >= 11 is 0. The van der Waals surface area contributed by atoms with E-state index in [1.807, 2.05) is 0 Å². The fraction of sp³-hybridized carbons (Fsp3) is 0.231. The third-order valence-electron chi connectivity index (χ3n) is 2.76. The van der Waals surface area contributed by atoms with Crippen molar-refractivity contribution >= 4 is 5.91 Å². The molecule has 0 aliphatic carbocycles. The molecular formula is C13H12F3N3O. The maximum absolute atomic E-state index is 13.1. The minimum absolute atomic E-state index is 0.229. The third-order valence-corrected chi connectivity index (χ3v) is 2.76. The molecule has 0 fully saturated rings. The highest BCUT2D eigenvalue weighted by Gasteiger charge is 2.18. The molecule has 1 heterocycles. The van der Waals surface area contributed by atoms with E-state index in [0.29, 0.717) is 12.1 Å². The predicted molar refractivity (Wildman–Crippen MR) is 65.3 cm³/mol. The largest absolute Gasteiger partial charge is 0.337 e. The summed E-state index contributed by atoms with van der Waals surface area (Å²) in [5.74, 6) is -4.96. The molecule has 0 radical (unpaired) electrons. The molecule has 0 atom stereocenters. The molecule has 2 aromatic rings. The molecule has 0 spiro atoms. The number of hydrogen-bond acceptors (Lipinski definition) is 2. The van der Waals surface area contributed by atoms with Crippen LogP contribution in [-0.4, -0.2) is 27.6 Å². The van der Waals surface area contributed by atoms with Gasteiger partial charge in [-0.1, -0.05) is 0 Å². The highest BCUT2D eigenvalue weighted by Crippen LogP contribution is 2.15. The first kappa shape index (κ1) is 14.1. The van der Waals surface area contributed by atoms with Crippen molar-refractivity contribution in [3.05, 3.63) is 53.1 Å². The summed E-state index contributed by atoms with van der Waals surface area (Å²) in [6, 6.07) is 1.36. The molecule has 0 saturated heterocycles. The van der Waals surface area contributed by atoms with Crippen molar-refractivity contribution in [2.24, 2.45) is 7.05 Å². The van der Waals surface area contributed by atoms with Crippen molar-refractivity contribution in [1.29, 1.82) is 0 Å². The number of nitrogens with zero attached hydrogens (tertiary/aromatic N) is 3. The first-order valence-electron chi connectivity index (χ1n) is 5.76. The van der Waals surface area contributed by atoms with Crippen molar-refractivity contribution in [3.8, 4) is 0 Å². The Morgan fingerprint density at radius 1 is 1.30 bits per heavy atom. The topological polar surface area (TPSA) is 38.1 Å². The number of benzene rings is 1. The van der Waals surface area contributed by atoms with Gasteiger partial charge < -0.3 is 4.90 Å². The van der Waals surface area contributed by atoms with Gasteiger partial charge in [-0.15, -0.1) is 0 Å². The fourth-order valence-corrected chi connectivity index (χ4v) is 1.80. The van der Waals surface area contributed by atoms with E-state index in [1.165, 1.54) is 11.9 Å². The molecule has 0 N–H and O–H groups in total. The lowest BCUT2D eigenvalue weighted by atomic mass is 10.1. The molecule has 2 rings (SSSR count). The van der Waals surface area contributed by atoms with Crippen LogP contribution in [0.3, 0.4) is 0 Å². The molecule has 1 aromatic carbocycles. The van der Waals surface area contributed by atoms with E-state index in [0.717, 1.165) is 5.56 Å². The summed E-state index contributed by atoms with van der Waals surface area (Å²) in [4.78, 5) is 13.3. The van der Waals surface area contributed by atoms with E-state index in [9.17, 15) is 18.0 Å². The van der Waals surface area contributed by atoms with Crippen molar-refractivity contribution in [3.63, 3.8) is 0 Å². The van der Waals surface area contributed by atoms with Crippen LogP contribution >= 0.6 is 0 Å². The molecule has 0 bridgehead atoms. The Kier molecular flexibility index (Phi) is 3.78. The molecule has 7 heteroatoms. The van der Waals surface area contributed by atoms with Crippen LogP contribution in [-0.2, 0) is 13.6 Å². The SMILES string of the molecule is CN(Cc1cnn(C)c1)C(=O)c1cc(F)c(F)c(F)c1. The maximum Gasteiger partial charge on any atom is 0.254 e. The zero-order valence-electron chi connectivity index (χ0n) is 10.9. The number of carbonyl (C=O) groups is 1. The summed E-state index contributed by atoms with van der Waals surface area (Å²) in [5.41, 5.74) is 0.527.